The Morgan fingerprint density at radius 2 is 1.87 bits per heavy atom. The van der Waals surface area contributed by atoms with Crippen LogP contribution in [0.2, 0.25) is 0 Å². The van der Waals surface area contributed by atoms with Crippen molar-refractivity contribution in [1.82, 2.24) is 9.62 Å². The number of likely N-dealkylation sites (tertiary alicyclic amines) is 1. The highest BCUT2D eigenvalue weighted by Gasteiger charge is 2.29. The molecule has 1 unspecified atom stereocenters. The van der Waals surface area contributed by atoms with E-state index in [0.717, 1.165) is 19.3 Å². The molecule has 128 valence electrons. The second-order valence-corrected chi connectivity index (χ2v) is 7.78. The molecule has 0 spiro atoms. The Hall–Kier alpha value is -1.15. The van der Waals surface area contributed by atoms with Crippen molar-refractivity contribution in [3.05, 3.63) is 29.8 Å². The summed E-state index contributed by atoms with van der Waals surface area (Å²) < 4.78 is 26.8. The number of carbonyl (C=O) groups excluding carboxylic acids is 1. The molecule has 0 radical (unpaired) electrons. The Bertz CT molecular complexity index is 659. The fourth-order valence-electron chi connectivity index (χ4n) is 2.66. The molecule has 1 aliphatic carbocycles. The first kappa shape index (κ1) is 18.2. The molecule has 2 fully saturated rings. The number of carbonyl (C=O) groups is 1. The van der Waals surface area contributed by atoms with Crippen molar-refractivity contribution in [2.24, 2.45) is 11.7 Å². The molecule has 0 aromatic heterocycles. The number of nitrogens with one attached hydrogen (secondary N) is 1. The number of halogens is 1. The van der Waals surface area contributed by atoms with Crippen LogP contribution in [-0.2, 0) is 10.0 Å². The number of hydrogen-bond acceptors (Lipinski definition) is 4. The largest absolute Gasteiger partial charge is 0.338 e. The van der Waals surface area contributed by atoms with E-state index in [9.17, 15) is 13.2 Å². The predicted octanol–water partition coefficient (Wildman–Crippen LogP) is 0.970. The quantitative estimate of drug-likeness (QED) is 0.819. The number of amides is 1. The van der Waals surface area contributed by atoms with Crippen molar-refractivity contribution in [2.45, 2.75) is 30.2 Å². The van der Waals surface area contributed by atoms with Crippen LogP contribution in [0.1, 0.15) is 29.6 Å². The van der Waals surface area contributed by atoms with Crippen molar-refractivity contribution < 1.29 is 13.2 Å². The van der Waals surface area contributed by atoms with Gasteiger partial charge < -0.3 is 10.6 Å². The van der Waals surface area contributed by atoms with Gasteiger partial charge in [0.25, 0.3) is 5.91 Å². The zero-order valence-corrected chi connectivity index (χ0v) is 14.4. The highest BCUT2D eigenvalue weighted by Crippen LogP contribution is 2.23. The number of rotatable bonds is 5. The van der Waals surface area contributed by atoms with Crippen LogP contribution in [0.25, 0.3) is 0 Å². The van der Waals surface area contributed by atoms with Crippen LogP contribution in [0.3, 0.4) is 0 Å². The van der Waals surface area contributed by atoms with Crippen molar-refractivity contribution in [3.8, 4) is 0 Å². The predicted molar refractivity (Wildman–Crippen MR) is 90.1 cm³/mol. The van der Waals surface area contributed by atoms with Crippen molar-refractivity contribution >= 4 is 28.3 Å². The van der Waals surface area contributed by atoms with E-state index < -0.39 is 10.0 Å². The van der Waals surface area contributed by atoms with Gasteiger partial charge in [-0.2, -0.15) is 0 Å². The van der Waals surface area contributed by atoms with Crippen LogP contribution >= 0.6 is 12.4 Å². The van der Waals surface area contributed by atoms with Crippen molar-refractivity contribution in [1.29, 1.82) is 0 Å². The summed E-state index contributed by atoms with van der Waals surface area (Å²) in [6.07, 6.45) is 2.72. The molecule has 1 atom stereocenters. The summed E-state index contributed by atoms with van der Waals surface area (Å²) in [5, 5.41) is 0. The summed E-state index contributed by atoms with van der Waals surface area (Å²) in [6, 6.07) is 6.23. The van der Waals surface area contributed by atoms with Gasteiger partial charge in [0.15, 0.2) is 0 Å². The van der Waals surface area contributed by atoms with E-state index in [1.54, 1.807) is 17.0 Å². The first-order valence-corrected chi connectivity index (χ1v) is 9.09. The van der Waals surface area contributed by atoms with E-state index in [2.05, 4.69) is 4.72 Å². The first-order chi connectivity index (χ1) is 10.5. The standard InChI is InChI=1S/C15H21N3O3S.ClH/c16-9-11-7-8-18(10-11)15(19)12-1-5-14(6-2-12)22(20,21)17-13-3-4-13;/h1-2,5-6,11,13,17H,3-4,7-10,16H2;1H. The maximum absolute atomic E-state index is 12.4. The Balaban J connectivity index is 0.00000192. The van der Waals surface area contributed by atoms with Gasteiger partial charge in [0, 0.05) is 24.7 Å². The Morgan fingerprint density at radius 1 is 1.22 bits per heavy atom. The topological polar surface area (TPSA) is 92.5 Å². The van der Waals surface area contributed by atoms with Gasteiger partial charge in [-0.05, 0) is 56.0 Å². The first-order valence-electron chi connectivity index (χ1n) is 7.61. The summed E-state index contributed by atoms with van der Waals surface area (Å²) in [5.74, 6) is 0.307. The van der Waals surface area contributed by atoms with Gasteiger partial charge in [0.05, 0.1) is 4.90 Å². The average Bonchev–Trinajstić information content (AvgIpc) is 3.18. The van der Waals surface area contributed by atoms with Crippen molar-refractivity contribution in [3.63, 3.8) is 0 Å². The maximum Gasteiger partial charge on any atom is 0.253 e. The van der Waals surface area contributed by atoms with Gasteiger partial charge in [-0.1, -0.05) is 0 Å². The minimum absolute atomic E-state index is 0. The Morgan fingerprint density at radius 3 is 2.39 bits per heavy atom. The lowest BCUT2D eigenvalue weighted by atomic mass is 10.1. The molecule has 8 heteroatoms. The maximum atomic E-state index is 12.4. The summed E-state index contributed by atoms with van der Waals surface area (Å²) in [6.45, 7) is 1.98. The third-order valence-corrected chi connectivity index (χ3v) is 5.75. The van der Waals surface area contributed by atoms with Crippen LogP contribution in [0.4, 0.5) is 0 Å². The molecule has 1 aromatic carbocycles. The molecule has 1 saturated carbocycles. The van der Waals surface area contributed by atoms with Gasteiger partial charge >= 0.3 is 0 Å². The summed E-state index contributed by atoms with van der Waals surface area (Å²) >= 11 is 0. The van der Waals surface area contributed by atoms with Crippen LogP contribution in [0.5, 0.6) is 0 Å². The highest BCUT2D eigenvalue weighted by atomic mass is 35.5. The summed E-state index contributed by atoms with van der Waals surface area (Å²) in [5.41, 5.74) is 6.15. The second-order valence-electron chi connectivity index (χ2n) is 6.06. The third kappa shape index (κ3) is 4.23. The SMILES string of the molecule is Cl.NCC1CCN(C(=O)c2ccc(S(=O)(=O)NC3CC3)cc2)C1. The summed E-state index contributed by atoms with van der Waals surface area (Å²) in [7, 11) is -3.46. The second kappa shape index (κ2) is 7.17. The molecule has 1 saturated heterocycles. The fourth-order valence-corrected chi connectivity index (χ4v) is 3.96. The molecular weight excluding hydrogens is 338 g/mol. The van der Waals surface area contributed by atoms with Crippen LogP contribution in [0, 0.1) is 5.92 Å². The number of hydrogen-bond donors (Lipinski definition) is 2. The Kier molecular flexibility index (Phi) is 5.67. The lowest BCUT2D eigenvalue weighted by Gasteiger charge is -2.16. The van der Waals surface area contributed by atoms with E-state index in [4.69, 9.17) is 5.73 Å². The van der Waals surface area contributed by atoms with Gasteiger partial charge in [0.1, 0.15) is 0 Å². The lowest BCUT2D eigenvalue weighted by molar-refractivity contribution is 0.0787. The molecule has 23 heavy (non-hydrogen) atoms. The van der Waals surface area contributed by atoms with E-state index in [-0.39, 0.29) is 29.3 Å². The normalized spacial score (nSPS) is 21.1. The molecule has 1 aromatic rings. The van der Waals surface area contributed by atoms with E-state index >= 15 is 0 Å². The molecule has 1 aliphatic heterocycles. The number of benzene rings is 1. The van der Waals surface area contributed by atoms with E-state index in [0.29, 0.717) is 31.1 Å². The minimum atomic E-state index is -3.46. The van der Waals surface area contributed by atoms with Gasteiger partial charge in [-0.15, -0.1) is 12.4 Å². The lowest BCUT2D eigenvalue weighted by Crippen LogP contribution is -2.30. The monoisotopic (exact) mass is 359 g/mol. The molecule has 1 amide bonds. The molecule has 0 bridgehead atoms. The van der Waals surface area contributed by atoms with Gasteiger partial charge in [-0.25, -0.2) is 13.1 Å². The number of nitrogens with two attached hydrogens (primary N) is 1. The molecule has 2 aliphatic rings. The van der Waals surface area contributed by atoms with E-state index in [1.807, 2.05) is 0 Å². The molecular formula is C15H22ClN3O3S. The zero-order valence-electron chi connectivity index (χ0n) is 12.8. The highest BCUT2D eigenvalue weighted by molar-refractivity contribution is 7.89. The van der Waals surface area contributed by atoms with Crippen LogP contribution in [-0.4, -0.2) is 44.9 Å². The summed E-state index contributed by atoms with van der Waals surface area (Å²) in [4.78, 5) is 14.4. The number of sulfonamides is 1. The minimum Gasteiger partial charge on any atom is -0.338 e. The average molecular weight is 360 g/mol. The van der Waals surface area contributed by atoms with Gasteiger partial charge in [0.2, 0.25) is 10.0 Å². The molecule has 1 heterocycles. The zero-order chi connectivity index (χ0) is 15.7. The van der Waals surface area contributed by atoms with Crippen LogP contribution in [0.15, 0.2) is 29.2 Å². The Labute approximate surface area is 142 Å². The third-order valence-electron chi connectivity index (χ3n) is 4.22. The van der Waals surface area contributed by atoms with Crippen molar-refractivity contribution in [2.75, 3.05) is 19.6 Å². The fraction of sp³-hybridized carbons (Fsp3) is 0.533. The van der Waals surface area contributed by atoms with Gasteiger partial charge in [-0.3, -0.25) is 4.79 Å². The van der Waals surface area contributed by atoms with Crippen LogP contribution < -0.4 is 10.5 Å². The molecule has 3 N–H and O–H groups in total. The number of nitrogens with zero attached hydrogens (tertiary/aromatic N) is 1. The molecule has 6 nitrogen and oxygen atoms in total. The molecule has 3 rings (SSSR count). The smallest absolute Gasteiger partial charge is 0.253 e. The van der Waals surface area contributed by atoms with E-state index in [1.165, 1.54) is 12.1 Å².